The SMILES string of the molecule is CCOc1cc(C(=O)NCCc2nc3ccccc3[nH]2)ccc1OCc1cccnc1. The van der Waals surface area contributed by atoms with Gasteiger partial charge in [0.15, 0.2) is 11.5 Å². The predicted octanol–water partition coefficient (Wildman–Crippen LogP) is 3.91. The van der Waals surface area contributed by atoms with Crippen LogP contribution in [-0.4, -0.2) is 34.0 Å². The zero-order chi connectivity index (χ0) is 21.5. The fraction of sp³-hybridized carbons (Fsp3) is 0.208. The van der Waals surface area contributed by atoms with Gasteiger partial charge in [-0.05, 0) is 43.3 Å². The lowest BCUT2D eigenvalue weighted by molar-refractivity contribution is 0.0953. The van der Waals surface area contributed by atoms with E-state index in [1.165, 1.54) is 0 Å². The van der Waals surface area contributed by atoms with Crippen molar-refractivity contribution in [1.29, 1.82) is 0 Å². The maximum atomic E-state index is 12.6. The largest absolute Gasteiger partial charge is 0.490 e. The van der Waals surface area contributed by atoms with Crippen molar-refractivity contribution < 1.29 is 14.3 Å². The number of rotatable bonds is 9. The van der Waals surface area contributed by atoms with Gasteiger partial charge in [0, 0.05) is 36.5 Å². The Kier molecular flexibility index (Phi) is 6.42. The summed E-state index contributed by atoms with van der Waals surface area (Å²) in [6, 6.07) is 16.9. The van der Waals surface area contributed by atoms with Crippen LogP contribution in [0.25, 0.3) is 11.0 Å². The van der Waals surface area contributed by atoms with Crippen molar-refractivity contribution in [3.05, 3.63) is 83.9 Å². The number of nitrogens with zero attached hydrogens (tertiary/aromatic N) is 2. The number of amides is 1. The van der Waals surface area contributed by atoms with E-state index in [1.54, 1.807) is 30.6 Å². The average Bonchev–Trinajstić information content (AvgIpc) is 3.22. The highest BCUT2D eigenvalue weighted by atomic mass is 16.5. The monoisotopic (exact) mass is 416 g/mol. The van der Waals surface area contributed by atoms with Crippen molar-refractivity contribution in [1.82, 2.24) is 20.3 Å². The molecule has 4 aromatic rings. The highest BCUT2D eigenvalue weighted by Crippen LogP contribution is 2.29. The van der Waals surface area contributed by atoms with Gasteiger partial charge >= 0.3 is 0 Å². The highest BCUT2D eigenvalue weighted by Gasteiger charge is 2.12. The number of imidazole rings is 1. The van der Waals surface area contributed by atoms with E-state index in [0.717, 1.165) is 22.4 Å². The minimum absolute atomic E-state index is 0.170. The molecule has 0 aliphatic carbocycles. The molecule has 2 aromatic carbocycles. The Morgan fingerprint density at radius 1 is 1.06 bits per heavy atom. The van der Waals surface area contributed by atoms with Crippen LogP contribution in [0.15, 0.2) is 67.0 Å². The molecule has 2 N–H and O–H groups in total. The Hall–Kier alpha value is -3.87. The number of fused-ring (bicyclic) bond motifs is 1. The minimum Gasteiger partial charge on any atom is -0.490 e. The summed E-state index contributed by atoms with van der Waals surface area (Å²) in [5.74, 6) is 1.80. The molecule has 0 aliphatic heterocycles. The molecule has 158 valence electrons. The molecule has 0 saturated heterocycles. The molecule has 0 radical (unpaired) electrons. The maximum Gasteiger partial charge on any atom is 0.251 e. The Labute approximate surface area is 180 Å². The van der Waals surface area contributed by atoms with E-state index >= 15 is 0 Å². The lowest BCUT2D eigenvalue weighted by Gasteiger charge is -2.13. The van der Waals surface area contributed by atoms with Crippen LogP contribution in [0.3, 0.4) is 0 Å². The van der Waals surface area contributed by atoms with Gasteiger partial charge in [0.2, 0.25) is 0 Å². The number of carbonyl (C=O) groups excluding carboxylic acids is 1. The summed E-state index contributed by atoms with van der Waals surface area (Å²) in [6.45, 7) is 3.21. The normalized spacial score (nSPS) is 10.7. The van der Waals surface area contributed by atoms with Crippen LogP contribution in [-0.2, 0) is 13.0 Å². The molecule has 0 atom stereocenters. The summed E-state index contributed by atoms with van der Waals surface area (Å²) in [5.41, 5.74) is 3.39. The van der Waals surface area contributed by atoms with E-state index in [9.17, 15) is 4.79 Å². The van der Waals surface area contributed by atoms with Gasteiger partial charge < -0.3 is 19.8 Å². The minimum atomic E-state index is -0.170. The number of aromatic amines is 1. The summed E-state index contributed by atoms with van der Waals surface area (Å²) < 4.78 is 11.6. The van der Waals surface area contributed by atoms with Crippen LogP contribution < -0.4 is 14.8 Å². The molecule has 31 heavy (non-hydrogen) atoms. The molecule has 2 aromatic heterocycles. The number of aromatic nitrogens is 3. The fourth-order valence-electron chi connectivity index (χ4n) is 3.20. The van der Waals surface area contributed by atoms with Gasteiger partial charge in [-0.25, -0.2) is 4.98 Å². The third-order valence-corrected chi connectivity index (χ3v) is 4.71. The molecule has 0 aliphatic rings. The lowest BCUT2D eigenvalue weighted by atomic mass is 10.2. The van der Waals surface area contributed by atoms with Gasteiger partial charge in [0.1, 0.15) is 12.4 Å². The van der Waals surface area contributed by atoms with Crippen LogP contribution >= 0.6 is 0 Å². The van der Waals surface area contributed by atoms with Crippen molar-refractivity contribution in [2.24, 2.45) is 0 Å². The molecule has 0 spiro atoms. The van der Waals surface area contributed by atoms with E-state index < -0.39 is 0 Å². The molecule has 0 saturated carbocycles. The molecule has 7 nitrogen and oxygen atoms in total. The first kappa shape index (κ1) is 20.4. The lowest BCUT2D eigenvalue weighted by Crippen LogP contribution is -2.26. The highest BCUT2D eigenvalue weighted by molar-refractivity contribution is 5.94. The van der Waals surface area contributed by atoms with Crippen LogP contribution in [0.2, 0.25) is 0 Å². The number of hydrogen-bond donors (Lipinski definition) is 2. The van der Waals surface area contributed by atoms with E-state index in [1.807, 2.05) is 43.3 Å². The number of ether oxygens (including phenoxy) is 2. The number of para-hydroxylation sites is 2. The second-order valence-corrected chi connectivity index (χ2v) is 6.95. The molecule has 1 amide bonds. The van der Waals surface area contributed by atoms with Crippen LogP contribution in [0.5, 0.6) is 11.5 Å². The average molecular weight is 416 g/mol. The van der Waals surface area contributed by atoms with Crippen molar-refractivity contribution in [2.45, 2.75) is 20.0 Å². The van der Waals surface area contributed by atoms with Crippen LogP contribution in [0.1, 0.15) is 28.7 Å². The first-order valence-electron chi connectivity index (χ1n) is 10.2. The van der Waals surface area contributed by atoms with Gasteiger partial charge in [0.05, 0.1) is 17.6 Å². The Bertz CT molecular complexity index is 1120. The van der Waals surface area contributed by atoms with Crippen molar-refractivity contribution in [2.75, 3.05) is 13.2 Å². The summed E-state index contributed by atoms with van der Waals surface area (Å²) >= 11 is 0. The van der Waals surface area contributed by atoms with E-state index in [2.05, 4.69) is 20.3 Å². The molecule has 7 heteroatoms. The first-order chi connectivity index (χ1) is 15.2. The molecule has 0 bridgehead atoms. The number of pyridine rings is 1. The topological polar surface area (TPSA) is 89.1 Å². The standard InChI is InChI=1S/C24H24N4O3/c1-2-30-22-14-18(9-10-21(22)31-16-17-6-5-12-25-15-17)24(29)26-13-11-23-27-19-7-3-4-8-20(19)28-23/h3-10,12,14-15H,2,11,13,16H2,1H3,(H,26,29)(H,27,28). The van der Waals surface area contributed by atoms with Gasteiger partial charge in [-0.1, -0.05) is 18.2 Å². The third-order valence-electron chi connectivity index (χ3n) is 4.71. The van der Waals surface area contributed by atoms with Gasteiger partial charge in [0.25, 0.3) is 5.91 Å². The van der Waals surface area contributed by atoms with E-state index in [-0.39, 0.29) is 5.91 Å². The number of nitrogens with one attached hydrogen (secondary N) is 2. The summed E-state index contributed by atoms with van der Waals surface area (Å²) in [5, 5.41) is 2.93. The van der Waals surface area contributed by atoms with E-state index in [4.69, 9.17) is 9.47 Å². The molecule has 4 rings (SSSR count). The molecular weight excluding hydrogens is 392 g/mol. The van der Waals surface area contributed by atoms with Gasteiger partial charge in [-0.3, -0.25) is 9.78 Å². The number of hydrogen-bond acceptors (Lipinski definition) is 5. The van der Waals surface area contributed by atoms with Gasteiger partial charge in [-0.15, -0.1) is 0 Å². The Morgan fingerprint density at radius 2 is 1.97 bits per heavy atom. The maximum absolute atomic E-state index is 12.6. The zero-order valence-electron chi connectivity index (χ0n) is 17.3. The van der Waals surface area contributed by atoms with Crippen LogP contribution in [0, 0.1) is 0 Å². The quantitative estimate of drug-likeness (QED) is 0.432. The smallest absolute Gasteiger partial charge is 0.251 e. The number of benzene rings is 2. The van der Waals surface area contributed by atoms with Crippen molar-refractivity contribution >= 4 is 16.9 Å². The first-order valence-corrected chi connectivity index (χ1v) is 10.2. The third kappa shape index (κ3) is 5.19. The van der Waals surface area contributed by atoms with Crippen LogP contribution in [0.4, 0.5) is 0 Å². The van der Waals surface area contributed by atoms with Crippen molar-refractivity contribution in [3.8, 4) is 11.5 Å². The Morgan fingerprint density at radius 3 is 2.77 bits per heavy atom. The van der Waals surface area contributed by atoms with Gasteiger partial charge in [-0.2, -0.15) is 0 Å². The van der Waals surface area contributed by atoms with E-state index in [0.29, 0.717) is 43.2 Å². The second kappa shape index (κ2) is 9.75. The zero-order valence-corrected chi connectivity index (χ0v) is 17.3. The number of H-pyrrole nitrogens is 1. The summed E-state index contributed by atoms with van der Waals surface area (Å²) in [6.07, 6.45) is 4.09. The predicted molar refractivity (Wildman–Crippen MR) is 118 cm³/mol. The molecule has 0 fully saturated rings. The molecule has 2 heterocycles. The molecular formula is C24H24N4O3. The fourth-order valence-corrected chi connectivity index (χ4v) is 3.20. The summed E-state index contributed by atoms with van der Waals surface area (Å²) in [7, 11) is 0. The van der Waals surface area contributed by atoms with Crippen molar-refractivity contribution in [3.63, 3.8) is 0 Å². The molecule has 0 unspecified atom stereocenters. The second-order valence-electron chi connectivity index (χ2n) is 6.95. The summed E-state index contributed by atoms with van der Waals surface area (Å²) in [4.78, 5) is 24.5. The Balaban J connectivity index is 1.37. The number of carbonyl (C=O) groups is 1.